The van der Waals surface area contributed by atoms with Crippen LogP contribution in [0.3, 0.4) is 0 Å². The van der Waals surface area contributed by atoms with E-state index in [1.807, 2.05) is 17.9 Å². The monoisotopic (exact) mass is 250 g/mol. The predicted octanol–water partition coefficient (Wildman–Crippen LogP) is 1.94. The van der Waals surface area contributed by atoms with Gasteiger partial charge in [0.15, 0.2) is 0 Å². The van der Waals surface area contributed by atoms with Crippen LogP contribution in [0, 0.1) is 5.41 Å². The first-order valence-corrected chi connectivity index (χ1v) is 6.88. The van der Waals surface area contributed by atoms with Gasteiger partial charge in [-0.1, -0.05) is 20.8 Å². The summed E-state index contributed by atoms with van der Waals surface area (Å²) in [6.07, 6.45) is 5.24. The van der Waals surface area contributed by atoms with Crippen molar-refractivity contribution in [2.75, 3.05) is 18.0 Å². The van der Waals surface area contributed by atoms with Gasteiger partial charge >= 0.3 is 0 Å². The quantitative estimate of drug-likeness (QED) is 0.872. The molecule has 0 atom stereocenters. The topological polar surface area (TPSA) is 47.1 Å². The Balaban J connectivity index is 2.18. The number of nitrogens with two attached hydrogens (primary N) is 1. The molecule has 18 heavy (non-hydrogen) atoms. The average Bonchev–Trinajstić information content (AvgIpc) is 2.60. The zero-order valence-corrected chi connectivity index (χ0v) is 12.1. The van der Waals surface area contributed by atoms with Crippen LogP contribution in [0.2, 0.25) is 0 Å². The van der Waals surface area contributed by atoms with Gasteiger partial charge in [0.25, 0.3) is 0 Å². The third-order valence-corrected chi connectivity index (χ3v) is 3.62. The fraction of sp³-hybridized carbons (Fsp3) is 0.786. The molecule has 1 aliphatic heterocycles. The molecule has 1 fully saturated rings. The molecule has 102 valence electrons. The van der Waals surface area contributed by atoms with E-state index < -0.39 is 0 Å². The van der Waals surface area contributed by atoms with Gasteiger partial charge in [-0.05, 0) is 24.7 Å². The lowest BCUT2D eigenvalue weighted by molar-refractivity contribution is 0.397. The van der Waals surface area contributed by atoms with Gasteiger partial charge in [-0.2, -0.15) is 5.10 Å². The lowest BCUT2D eigenvalue weighted by Crippen LogP contribution is -2.40. The summed E-state index contributed by atoms with van der Waals surface area (Å²) in [5.41, 5.74) is 8.91. The summed E-state index contributed by atoms with van der Waals surface area (Å²) >= 11 is 0. The van der Waals surface area contributed by atoms with E-state index in [-0.39, 0.29) is 5.41 Å². The van der Waals surface area contributed by atoms with E-state index in [0.29, 0.717) is 6.04 Å². The van der Waals surface area contributed by atoms with Crippen molar-refractivity contribution in [2.45, 2.75) is 46.1 Å². The van der Waals surface area contributed by atoms with E-state index in [1.54, 1.807) is 0 Å². The van der Waals surface area contributed by atoms with Gasteiger partial charge in [0.2, 0.25) is 0 Å². The summed E-state index contributed by atoms with van der Waals surface area (Å²) in [5, 5.41) is 4.44. The molecule has 0 amide bonds. The lowest BCUT2D eigenvalue weighted by atomic mass is 9.90. The number of aryl methyl sites for hydroxylation is 1. The highest BCUT2D eigenvalue weighted by atomic mass is 15.3. The Morgan fingerprint density at radius 3 is 2.50 bits per heavy atom. The van der Waals surface area contributed by atoms with E-state index in [9.17, 15) is 0 Å². The molecule has 1 saturated heterocycles. The molecule has 0 bridgehead atoms. The number of aromatic nitrogens is 2. The molecule has 0 radical (unpaired) electrons. The first-order valence-electron chi connectivity index (χ1n) is 6.88. The van der Waals surface area contributed by atoms with Gasteiger partial charge in [0, 0.05) is 26.2 Å². The summed E-state index contributed by atoms with van der Waals surface area (Å²) in [5.74, 6) is 0. The van der Waals surface area contributed by atoms with Crippen LogP contribution in [0.5, 0.6) is 0 Å². The maximum atomic E-state index is 5.97. The standard InChI is InChI=1S/C14H26N4/c1-14(2,3)9-12-13(10-16-17(12)4)18-7-5-11(15)6-8-18/h10-11H,5-9,15H2,1-4H3. The second-order valence-corrected chi connectivity index (χ2v) is 6.66. The molecule has 0 unspecified atom stereocenters. The van der Waals surface area contributed by atoms with Crippen LogP contribution in [0.15, 0.2) is 6.20 Å². The highest BCUT2D eigenvalue weighted by Crippen LogP contribution is 2.29. The summed E-state index contributed by atoms with van der Waals surface area (Å²) < 4.78 is 2.02. The van der Waals surface area contributed by atoms with Gasteiger partial charge in [-0.15, -0.1) is 0 Å². The first kappa shape index (κ1) is 13.4. The number of rotatable bonds is 2. The van der Waals surface area contributed by atoms with Gasteiger partial charge in [0.05, 0.1) is 17.6 Å². The third-order valence-electron chi connectivity index (χ3n) is 3.62. The zero-order valence-electron chi connectivity index (χ0n) is 12.1. The Bertz CT molecular complexity index is 394. The minimum Gasteiger partial charge on any atom is -0.369 e. The SMILES string of the molecule is Cn1ncc(N2CCC(N)CC2)c1CC(C)(C)C. The van der Waals surface area contributed by atoms with Crippen LogP contribution in [0.1, 0.15) is 39.3 Å². The van der Waals surface area contributed by atoms with Crippen LogP contribution in [0.25, 0.3) is 0 Å². The van der Waals surface area contributed by atoms with Crippen molar-refractivity contribution in [1.82, 2.24) is 9.78 Å². The van der Waals surface area contributed by atoms with Crippen LogP contribution in [0.4, 0.5) is 5.69 Å². The minimum atomic E-state index is 0.286. The summed E-state index contributed by atoms with van der Waals surface area (Å²) in [4.78, 5) is 2.44. The van der Waals surface area contributed by atoms with Crippen molar-refractivity contribution in [3.63, 3.8) is 0 Å². The predicted molar refractivity (Wildman–Crippen MR) is 75.8 cm³/mol. The van der Waals surface area contributed by atoms with Crippen molar-refractivity contribution in [3.05, 3.63) is 11.9 Å². The number of hydrogen-bond donors (Lipinski definition) is 1. The highest BCUT2D eigenvalue weighted by molar-refractivity contribution is 5.50. The van der Waals surface area contributed by atoms with E-state index in [1.165, 1.54) is 11.4 Å². The van der Waals surface area contributed by atoms with E-state index in [4.69, 9.17) is 5.73 Å². The summed E-state index contributed by atoms with van der Waals surface area (Å²) in [6, 6.07) is 0.379. The minimum absolute atomic E-state index is 0.286. The smallest absolute Gasteiger partial charge is 0.0785 e. The van der Waals surface area contributed by atoms with E-state index in [2.05, 4.69) is 30.8 Å². The van der Waals surface area contributed by atoms with Crippen LogP contribution >= 0.6 is 0 Å². The van der Waals surface area contributed by atoms with Gasteiger partial charge in [-0.3, -0.25) is 4.68 Å². The normalized spacial score (nSPS) is 18.4. The van der Waals surface area contributed by atoms with Crippen molar-refractivity contribution in [3.8, 4) is 0 Å². The molecule has 2 rings (SSSR count). The zero-order chi connectivity index (χ0) is 13.3. The average molecular weight is 250 g/mol. The Labute approximate surface area is 110 Å². The second kappa shape index (κ2) is 4.92. The maximum absolute atomic E-state index is 5.97. The third kappa shape index (κ3) is 3.05. The van der Waals surface area contributed by atoms with Crippen LogP contribution in [-0.4, -0.2) is 28.9 Å². The van der Waals surface area contributed by atoms with Gasteiger partial charge in [-0.25, -0.2) is 0 Å². The largest absolute Gasteiger partial charge is 0.369 e. The number of anilines is 1. The first-order chi connectivity index (χ1) is 8.37. The van der Waals surface area contributed by atoms with Gasteiger partial charge in [0.1, 0.15) is 0 Å². The molecule has 0 aliphatic carbocycles. The Kier molecular flexibility index (Phi) is 3.66. The number of piperidine rings is 1. The Hall–Kier alpha value is -1.03. The fourth-order valence-electron chi connectivity index (χ4n) is 2.56. The van der Waals surface area contributed by atoms with Crippen molar-refractivity contribution < 1.29 is 0 Å². The fourth-order valence-corrected chi connectivity index (χ4v) is 2.56. The molecule has 1 aromatic rings. The lowest BCUT2D eigenvalue weighted by Gasteiger charge is -2.32. The second-order valence-electron chi connectivity index (χ2n) is 6.66. The van der Waals surface area contributed by atoms with E-state index in [0.717, 1.165) is 32.4 Å². The van der Waals surface area contributed by atoms with Crippen molar-refractivity contribution in [2.24, 2.45) is 18.2 Å². The molecule has 2 N–H and O–H groups in total. The number of nitrogens with zero attached hydrogens (tertiary/aromatic N) is 3. The molecule has 1 aliphatic rings. The molecular weight excluding hydrogens is 224 g/mol. The van der Waals surface area contributed by atoms with E-state index >= 15 is 0 Å². The van der Waals surface area contributed by atoms with Crippen LogP contribution < -0.4 is 10.6 Å². The molecule has 0 aromatic carbocycles. The Morgan fingerprint density at radius 2 is 1.94 bits per heavy atom. The number of hydrogen-bond acceptors (Lipinski definition) is 3. The molecule has 4 heteroatoms. The molecule has 0 spiro atoms. The summed E-state index contributed by atoms with van der Waals surface area (Å²) in [6.45, 7) is 8.94. The molecule has 2 heterocycles. The molecule has 4 nitrogen and oxygen atoms in total. The van der Waals surface area contributed by atoms with Gasteiger partial charge < -0.3 is 10.6 Å². The van der Waals surface area contributed by atoms with Crippen molar-refractivity contribution in [1.29, 1.82) is 0 Å². The maximum Gasteiger partial charge on any atom is 0.0785 e. The van der Waals surface area contributed by atoms with Crippen molar-refractivity contribution >= 4 is 5.69 Å². The molecule has 1 aromatic heterocycles. The Morgan fingerprint density at radius 1 is 1.33 bits per heavy atom. The molecular formula is C14H26N4. The molecule has 0 saturated carbocycles. The summed E-state index contributed by atoms with van der Waals surface area (Å²) in [7, 11) is 2.04. The van der Waals surface area contributed by atoms with Crippen LogP contribution in [-0.2, 0) is 13.5 Å². The highest BCUT2D eigenvalue weighted by Gasteiger charge is 2.23.